The summed E-state index contributed by atoms with van der Waals surface area (Å²) in [4.78, 5) is 0. The van der Waals surface area contributed by atoms with Crippen molar-refractivity contribution in [2.45, 2.75) is 0 Å². The molecule has 0 unspecified atom stereocenters. The SMILES string of the molecule is C1=Cc2ccccc2-c2ccccc2C=C1.c1ccc(-c2ccccc2)cc1. The Morgan fingerprint density at radius 1 is 0.321 bits per heavy atom. The zero-order chi connectivity index (χ0) is 19.0. The molecule has 0 N–H and O–H groups in total. The van der Waals surface area contributed by atoms with Crippen LogP contribution in [0.3, 0.4) is 0 Å². The van der Waals surface area contributed by atoms with E-state index in [4.69, 9.17) is 0 Å². The van der Waals surface area contributed by atoms with Crippen LogP contribution < -0.4 is 0 Å². The third kappa shape index (κ3) is 4.19. The lowest BCUT2D eigenvalue weighted by atomic mass is 9.93. The molecule has 28 heavy (non-hydrogen) atoms. The number of hydrogen-bond donors (Lipinski definition) is 0. The summed E-state index contributed by atoms with van der Waals surface area (Å²) < 4.78 is 0. The molecule has 0 saturated carbocycles. The molecule has 0 aromatic heterocycles. The molecular formula is C28H22. The standard InChI is InChI=1S/C16H12.C12H10/c1-2-8-14-10-4-6-12-16(14)15-11-5-3-9-13(15)7-1;1-3-7-11(8-4-1)12-9-5-2-6-10-12/h1-12H;1-10H. The van der Waals surface area contributed by atoms with Gasteiger partial charge in [-0.2, -0.15) is 0 Å². The van der Waals surface area contributed by atoms with Gasteiger partial charge in [0.2, 0.25) is 0 Å². The van der Waals surface area contributed by atoms with E-state index in [1.807, 2.05) is 12.1 Å². The van der Waals surface area contributed by atoms with Crippen LogP contribution in [-0.2, 0) is 0 Å². The molecule has 0 saturated heterocycles. The predicted molar refractivity (Wildman–Crippen MR) is 122 cm³/mol. The summed E-state index contributed by atoms with van der Waals surface area (Å²) in [5, 5.41) is 0. The number of hydrogen-bond acceptors (Lipinski definition) is 0. The zero-order valence-electron chi connectivity index (χ0n) is 15.7. The molecule has 0 radical (unpaired) electrons. The van der Waals surface area contributed by atoms with Gasteiger partial charge in [0.25, 0.3) is 0 Å². The maximum absolute atomic E-state index is 2.18. The van der Waals surface area contributed by atoms with E-state index in [0.29, 0.717) is 0 Å². The van der Waals surface area contributed by atoms with Crippen LogP contribution >= 0.6 is 0 Å². The number of fused-ring (bicyclic) bond motifs is 3. The first-order valence-corrected chi connectivity index (χ1v) is 9.55. The molecule has 4 aromatic carbocycles. The van der Waals surface area contributed by atoms with E-state index in [2.05, 4.69) is 121 Å². The molecule has 0 bridgehead atoms. The van der Waals surface area contributed by atoms with Crippen LogP contribution in [0.2, 0.25) is 0 Å². The van der Waals surface area contributed by atoms with Gasteiger partial charge in [-0.1, -0.05) is 133 Å². The minimum absolute atomic E-state index is 1.28. The molecule has 0 aliphatic heterocycles. The van der Waals surface area contributed by atoms with Crippen molar-refractivity contribution in [3.8, 4) is 22.3 Å². The third-order valence-corrected chi connectivity index (χ3v) is 4.76. The van der Waals surface area contributed by atoms with Crippen molar-refractivity contribution < 1.29 is 0 Å². The van der Waals surface area contributed by atoms with Crippen LogP contribution in [-0.4, -0.2) is 0 Å². The fourth-order valence-corrected chi connectivity index (χ4v) is 3.35. The van der Waals surface area contributed by atoms with Crippen molar-refractivity contribution in [3.63, 3.8) is 0 Å². The lowest BCUT2D eigenvalue weighted by Crippen LogP contribution is -1.87. The molecule has 0 fully saturated rings. The van der Waals surface area contributed by atoms with Gasteiger partial charge >= 0.3 is 0 Å². The second-order valence-corrected chi connectivity index (χ2v) is 6.62. The molecule has 0 spiro atoms. The smallest absolute Gasteiger partial charge is 0.0105 e. The van der Waals surface area contributed by atoms with E-state index in [1.165, 1.54) is 33.4 Å². The van der Waals surface area contributed by atoms with E-state index in [1.54, 1.807) is 0 Å². The summed E-state index contributed by atoms with van der Waals surface area (Å²) in [6.07, 6.45) is 8.49. The van der Waals surface area contributed by atoms with Crippen molar-refractivity contribution in [1.82, 2.24) is 0 Å². The maximum Gasteiger partial charge on any atom is -0.0105 e. The Morgan fingerprint density at radius 2 is 0.679 bits per heavy atom. The summed E-state index contributed by atoms with van der Waals surface area (Å²) in [6, 6.07) is 37.8. The Balaban J connectivity index is 0.000000143. The molecule has 0 heteroatoms. The van der Waals surface area contributed by atoms with Gasteiger partial charge in [-0.3, -0.25) is 0 Å². The van der Waals surface area contributed by atoms with Crippen LogP contribution in [0.4, 0.5) is 0 Å². The first kappa shape index (κ1) is 17.8. The highest BCUT2D eigenvalue weighted by molar-refractivity contribution is 5.83. The maximum atomic E-state index is 2.18. The van der Waals surface area contributed by atoms with Crippen molar-refractivity contribution in [3.05, 3.63) is 132 Å². The van der Waals surface area contributed by atoms with E-state index in [-0.39, 0.29) is 0 Å². The van der Waals surface area contributed by atoms with Crippen molar-refractivity contribution in [1.29, 1.82) is 0 Å². The number of allylic oxidation sites excluding steroid dienone is 2. The van der Waals surface area contributed by atoms with E-state index >= 15 is 0 Å². The molecule has 4 aromatic rings. The fraction of sp³-hybridized carbons (Fsp3) is 0. The van der Waals surface area contributed by atoms with E-state index < -0.39 is 0 Å². The first-order chi connectivity index (χ1) is 13.9. The largest absolute Gasteiger partial charge is 0.0622 e. The summed E-state index contributed by atoms with van der Waals surface area (Å²) in [6.45, 7) is 0. The molecule has 0 heterocycles. The van der Waals surface area contributed by atoms with Crippen molar-refractivity contribution in [2.75, 3.05) is 0 Å². The Bertz CT molecular complexity index is 996. The second-order valence-electron chi connectivity index (χ2n) is 6.62. The first-order valence-electron chi connectivity index (χ1n) is 9.55. The van der Waals surface area contributed by atoms with E-state index in [9.17, 15) is 0 Å². The van der Waals surface area contributed by atoms with Crippen LogP contribution in [0, 0.1) is 0 Å². The Morgan fingerprint density at radius 3 is 1.11 bits per heavy atom. The van der Waals surface area contributed by atoms with Gasteiger partial charge in [-0.25, -0.2) is 0 Å². The fourth-order valence-electron chi connectivity index (χ4n) is 3.35. The molecule has 134 valence electrons. The minimum atomic E-state index is 1.28. The average Bonchev–Trinajstić information content (AvgIpc) is 2.77. The van der Waals surface area contributed by atoms with E-state index in [0.717, 1.165) is 0 Å². The summed E-state index contributed by atoms with van der Waals surface area (Å²) in [7, 11) is 0. The minimum Gasteiger partial charge on any atom is -0.0622 e. The van der Waals surface area contributed by atoms with Gasteiger partial charge in [-0.05, 0) is 33.4 Å². The predicted octanol–water partition coefficient (Wildman–Crippen LogP) is 7.75. The number of benzene rings is 4. The van der Waals surface area contributed by atoms with Gasteiger partial charge in [0.15, 0.2) is 0 Å². The summed E-state index contributed by atoms with van der Waals surface area (Å²) in [5.41, 5.74) is 7.72. The summed E-state index contributed by atoms with van der Waals surface area (Å²) >= 11 is 0. The Kier molecular flexibility index (Phi) is 5.60. The average molecular weight is 358 g/mol. The molecule has 1 aliphatic rings. The Labute approximate surface area is 167 Å². The van der Waals surface area contributed by atoms with Crippen LogP contribution in [0.1, 0.15) is 11.1 Å². The lowest BCUT2D eigenvalue weighted by molar-refractivity contribution is 1.56. The highest BCUT2D eigenvalue weighted by Gasteiger charge is 2.06. The van der Waals surface area contributed by atoms with Crippen molar-refractivity contribution in [2.24, 2.45) is 0 Å². The topological polar surface area (TPSA) is 0 Å². The zero-order valence-corrected chi connectivity index (χ0v) is 15.7. The second kappa shape index (κ2) is 8.83. The molecular weight excluding hydrogens is 336 g/mol. The normalized spacial score (nSPS) is 11.3. The molecule has 0 nitrogen and oxygen atoms in total. The van der Waals surface area contributed by atoms with Crippen LogP contribution in [0.15, 0.2) is 121 Å². The van der Waals surface area contributed by atoms with Crippen LogP contribution in [0.5, 0.6) is 0 Å². The third-order valence-electron chi connectivity index (χ3n) is 4.76. The van der Waals surface area contributed by atoms with Gasteiger partial charge in [-0.15, -0.1) is 0 Å². The molecule has 0 amide bonds. The lowest BCUT2D eigenvalue weighted by Gasteiger charge is -2.11. The summed E-state index contributed by atoms with van der Waals surface area (Å²) in [5.74, 6) is 0. The number of rotatable bonds is 1. The van der Waals surface area contributed by atoms with Gasteiger partial charge < -0.3 is 0 Å². The van der Waals surface area contributed by atoms with Gasteiger partial charge in [0, 0.05) is 0 Å². The Hall–Kier alpha value is -3.64. The van der Waals surface area contributed by atoms with Gasteiger partial charge in [0.05, 0.1) is 0 Å². The van der Waals surface area contributed by atoms with Gasteiger partial charge in [0.1, 0.15) is 0 Å². The highest BCUT2D eigenvalue weighted by Crippen LogP contribution is 2.30. The monoisotopic (exact) mass is 358 g/mol. The highest BCUT2D eigenvalue weighted by atomic mass is 14.1. The molecule has 1 aliphatic carbocycles. The quantitative estimate of drug-likeness (QED) is 0.326. The van der Waals surface area contributed by atoms with Crippen molar-refractivity contribution >= 4 is 12.2 Å². The van der Waals surface area contributed by atoms with Crippen LogP contribution in [0.25, 0.3) is 34.4 Å². The molecule has 5 rings (SSSR count). The molecule has 0 atom stereocenters.